The lowest BCUT2D eigenvalue weighted by Gasteiger charge is -2.14. The molecule has 0 radical (unpaired) electrons. The minimum absolute atomic E-state index is 0.0637. The van der Waals surface area contributed by atoms with E-state index >= 15 is 0 Å². The van der Waals surface area contributed by atoms with Crippen molar-refractivity contribution in [1.29, 1.82) is 0 Å². The van der Waals surface area contributed by atoms with E-state index < -0.39 is 17.4 Å². The first kappa shape index (κ1) is 17.9. The Labute approximate surface area is 150 Å². The molecule has 1 aliphatic heterocycles. The Morgan fingerprint density at radius 2 is 1.96 bits per heavy atom. The first-order chi connectivity index (χ1) is 12.5. The van der Waals surface area contributed by atoms with Gasteiger partial charge in [0.2, 0.25) is 5.78 Å². The number of unbranched alkanes of at least 4 members (excludes halogenated alkanes) is 1. The number of nitrogens with zero attached hydrogens (tertiary/aromatic N) is 1. The predicted molar refractivity (Wildman–Crippen MR) is 93.4 cm³/mol. The zero-order chi connectivity index (χ0) is 18.7. The van der Waals surface area contributed by atoms with Crippen LogP contribution in [0.1, 0.15) is 41.6 Å². The van der Waals surface area contributed by atoms with Gasteiger partial charge in [0.25, 0.3) is 5.91 Å². The van der Waals surface area contributed by atoms with E-state index in [1.54, 1.807) is 18.2 Å². The third-order valence-corrected chi connectivity index (χ3v) is 4.36. The largest absolute Gasteiger partial charge is 0.503 e. The van der Waals surface area contributed by atoms with Crippen LogP contribution in [0.4, 0.5) is 4.39 Å². The summed E-state index contributed by atoms with van der Waals surface area (Å²) in [6.45, 7) is 2.60. The summed E-state index contributed by atoms with van der Waals surface area (Å²) in [5.41, 5.74) is 0.914. The summed E-state index contributed by atoms with van der Waals surface area (Å²) in [4.78, 5) is 26.1. The minimum atomic E-state index is -0.514. The summed E-state index contributed by atoms with van der Waals surface area (Å²) < 4.78 is 18.5. The lowest BCUT2D eigenvalue weighted by atomic mass is 10.1. The van der Waals surface area contributed by atoms with E-state index in [1.807, 2.05) is 6.92 Å². The number of aliphatic hydroxyl groups is 1. The van der Waals surface area contributed by atoms with Crippen LogP contribution in [0.25, 0.3) is 0 Å². The fraction of sp³-hybridized carbons (Fsp3) is 0.300. The van der Waals surface area contributed by atoms with E-state index in [-0.39, 0.29) is 23.7 Å². The molecule has 2 heterocycles. The molecule has 6 heteroatoms. The third-order valence-electron chi connectivity index (χ3n) is 4.36. The highest BCUT2D eigenvalue weighted by Crippen LogP contribution is 2.23. The summed E-state index contributed by atoms with van der Waals surface area (Å²) in [6.07, 6.45) is 2.14. The molecular weight excluding hydrogens is 337 g/mol. The topological polar surface area (TPSA) is 70.8 Å². The van der Waals surface area contributed by atoms with Gasteiger partial charge in [0.1, 0.15) is 11.6 Å². The number of halogens is 1. The van der Waals surface area contributed by atoms with Crippen LogP contribution >= 0.6 is 0 Å². The fourth-order valence-electron chi connectivity index (χ4n) is 2.87. The van der Waals surface area contributed by atoms with Gasteiger partial charge in [0.05, 0.1) is 12.1 Å². The van der Waals surface area contributed by atoms with Crippen molar-refractivity contribution in [1.82, 2.24) is 4.90 Å². The fourth-order valence-corrected chi connectivity index (χ4v) is 2.87. The Balaban J connectivity index is 1.71. The maximum Gasteiger partial charge on any atom is 0.289 e. The van der Waals surface area contributed by atoms with Crippen LogP contribution in [-0.2, 0) is 11.2 Å². The molecule has 1 amide bonds. The lowest BCUT2D eigenvalue weighted by molar-refractivity contribution is -0.127. The van der Waals surface area contributed by atoms with Gasteiger partial charge in [-0.1, -0.05) is 25.5 Å². The molecular formula is C20H20FNO4. The molecule has 136 valence electrons. The number of carbonyl (C=O) groups is 2. The number of furan rings is 1. The first-order valence-electron chi connectivity index (χ1n) is 8.58. The van der Waals surface area contributed by atoms with E-state index in [9.17, 15) is 19.1 Å². The number of hydrogen-bond acceptors (Lipinski definition) is 4. The van der Waals surface area contributed by atoms with Crippen LogP contribution in [0.2, 0.25) is 0 Å². The average molecular weight is 357 g/mol. The second kappa shape index (κ2) is 7.56. The molecule has 3 rings (SSSR count). The van der Waals surface area contributed by atoms with E-state index in [2.05, 4.69) is 0 Å². The number of rotatable bonds is 7. The number of Topliss-reactive ketones (excluding diaryl/α,β-unsaturated/α-hetero) is 1. The van der Waals surface area contributed by atoms with Crippen molar-refractivity contribution in [3.05, 3.63) is 70.6 Å². The molecule has 5 nitrogen and oxygen atoms in total. The molecule has 1 aliphatic rings. The molecule has 0 bridgehead atoms. The Hall–Kier alpha value is -2.89. The van der Waals surface area contributed by atoms with Crippen molar-refractivity contribution in [3.63, 3.8) is 0 Å². The average Bonchev–Trinajstić information content (AvgIpc) is 3.21. The number of aliphatic hydroxyl groups excluding tert-OH is 1. The molecule has 0 fully saturated rings. The second-order valence-corrected chi connectivity index (χ2v) is 6.31. The monoisotopic (exact) mass is 357 g/mol. The molecule has 0 atom stereocenters. The van der Waals surface area contributed by atoms with Crippen LogP contribution in [0.15, 0.2) is 52.1 Å². The summed E-state index contributed by atoms with van der Waals surface area (Å²) in [7, 11) is 0. The Morgan fingerprint density at radius 1 is 1.23 bits per heavy atom. The van der Waals surface area contributed by atoms with Crippen molar-refractivity contribution < 1.29 is 23.5 Å². The summed E-state index contributed by atoms with van der Waals surface area (Å²) in [5, 5.41) is 10.0. The molecule has 1 aromatic carbocycles. The third kappa shape index (κ3) is 3.69. The van der Waals surface area contributed by atoms with Crippen molar-refractivity contribution >= 4 is 11.7 Å². The molecule has 0 saturated carbocycles. The zero-order valence-corrected chi connectivity index (χ0v) is 14.5. The maximum atomic E-state index is 13.0. The number of amides is 1. The van der Waals surface area contributed by atoms with Gasteiger partial charge in [-0.25, -0.2) is 4.39 Å². The van der Waals surface area contributed by atoms with Gasteiger partial charge in [0, 0.05) is 13.0 Å². The summed E-state index contributed by atoms with van der Waals surface area (Å²) in [5.74, 6) is -1.19. The zero-order valence-electron chi connectivity index (χ0n) is 14.5. The predicted octanol–water partition coefficient (Wildman–Crippen LogP) is 3.65. The van der Waals surface area contributed by atoms with E-state index in [4.69, 9.17) is 4.42 Å². The number of carbonyl (C=O) groups excluding carboxylic acids is 2. The smallest absolute Gasteiger partial charge is 0.289 e. The second-order valence-electron chi connectivity index (χ2n) is 6.31. The maximum absolute atomic E-state index is 13.0. The summed E-state index contributed by atoms with van der Waals surface area (Å²) >= 11 is 0. The Bertz CT molecular complexity index is 851. The molecule has 0 unspecified atom stereocenters. The molecule has 0 aliphatic carbocycles. The van der Waals surface area contributed by atoms with Gasteiger partial charge in [-0.15, -0.1) is 0 Å². The minimum Gasteiger partial charge on any atom is -0.503 e. The molecule has 0 spiro atoms. The number of ketones is 1. The van der Waals surface area contributed by atoms with E-state index in [0.717, 1.165) is 18.4 Å². The molecule has 26 heavy (non-hydrogen) atoms. The highest BCUT2D eigenvalue weighted by atomic mass is 19.1. The van der Waals surface area contributed by atoms with Gasteiger partial charge in [-0.2, -0.15) is 0 Å². The van der Waals surface area contributed by atoms with Gasteiger partial charge < -0.3 is 14.4 Å². The van der Waals surface area contributed by atoms with Gasteiger partial charge in [-0.05, 0) is 36.2 Å². The van der Waals surface area contributed by atoms with E-state index in [1.165, 1.54) is 23.1 Å². The highest BCUT2D eigenvalue weighted by Gasteiger charge is 2.34. The van der Waals surface area contributed by atoms with Crippen molar-refractivity contribution in [2.45, 2.75) is 26.2 Å². The van der Waals surface area contributed by atoms with Crippen molar-refractivity contribution in [3.8, 4) is 0 Å². The molecule has 0 saturated heterocycles. The molecule has 2 aromatic rings. The standard InChI is InChI=1S/C20H20FNO4/c1-2-3-10-22-12-16(19(24)20(22)25)18(23)17-9-8-15(26-17)11-13-4-6-14(21)7-5-13/h4-9,24H,2-3,10-12H2,1H3. The van der Waals surface area contributed by atoms with Gasteiger partial charge in [-0.3, -0.25) is 9.59 Å². The van der Waals surface area contributed by atoms with Crippen molar-refractivity contribution in [2.24, 2.45) is 0 Å². The van der Waals surface area contributed by atoms with Crippen LogP contribution in [0.3, 0.4) is 0 Å². The van der Waals surface area contributed by atoms with Crippen LogP contribution in [0.5, 0.6) is 0 Å². The van der Waals surface area contributed by atoms with Crippen LogP contribution < -0.4 is 0 Å². The number of hydrogen-bond donors (Lipinski definition) is 1. The van der Waals surface area contributed by atoms with Gasteiger partial charge >= 0.3 is 0 Å². The number of benzene rings is 1. The highest BCUT2D eigenvalue weighted by molar-refractivity contribution is 6.14. The van der Waals surface area contributed by atoms with Crippen LogP contribution in [-0.4, -0.2) is 34.8 Å². The van der Waals surface area contributed by atoms with Crippen LogP contribution in [0, 0.1) is 5.82 Å². The Kier molecular flexibility index (Phi) is 5.21. The molecule has 1 N–H and O–H groups in total. The first-order valence-corrected chi connectivity index (χ1v) is 8.58. The van der Waals surface area contributed by atoms with Crippen molar-refractivity contribution in [2.75, 3.05) is 13.1 Å². The van der Waals surface area contributed by atoms with Gasteiger partial charge in [0.15, 0.2) is 11.5 Å². The summed E-state index contributed by atoms with van der Waals surface area (Å²) in [6, 6.07) is 9.22. The molecule has 1 aromatic heterocycles. The quantitative estimate of drug-likeness (QED) is 0.768. The SMILES string of the molecule is CCCCN1CC(C(=O)c2ccc(Cc3ccc(F)cc3)o2)=C(O)C1=O. The Morgan fingerprint density at radius 3 is 2.65 bits per heavy atom. The van der Waals surface area contributed by atoms with E-state index in [0.29, 0.717) is 18.7 Å². The lowest BCUT2D eigenvalue weighted by Crippen LogP contribution is -2.28. The normalized spacial score (nSPS) is 14.4.